The molecule has 0 fully saturated rings. The van der Waals surface area contributed by atoms with Crippen LogP contribution in [0.15, 0.2) is 0 Å². The quantitative estimate of drug-likeness (QED) is 0.624. The van der Waals surface area contributed by atoms with Gasteiger partial charge in [0, 0.05) is 19.6 Å². The van der Waals surface area contributed by atoms with Gasteiger partial charge < -0.3 is 4.74 Å². The molecule has 0 aliphatic heterocycles. The smallest absolute Gasteiger partial charge is 0.381 e. The molecule has 0 amide bonds. The highest BCUT2D eigenvalue weighted by molar-refractivity contribution is 4.61. The van der Waals surface area contributed by atoms with E-state index < -0.39 is 12.6 Å². The summed E-state index contributed by atoms with van der Waals surface area (Å²) in [4.78, 5) is 0. The summed E-state index contributed by atoms with van der Waals surface area (Å²) in [6.07, 6.45) is -3.36. The predicted molar refractivity (Wildman–Crippen MR) is 59.3 cm³/mol. The Hall–Kier alpha value is -0.250. The van der Waals surface area contributed by atoms with Gasteiger partial charge in [-0.25, -0.2) is 0 Å². The van der Waals surface area contributed by atoms with Crippen molar-refractivity contribution in [3.63, 3.8) is 0 Å². The zero-order chi connectivity index (χ0) is 12.8. The number of hydrogen-bond acceptors (Lipinski definition) is 1. The van der Waals surface area contributed by atoms with Crippen LogP contribution in [0.4, 0.5) is 13.2 Å². The fourth-order valence-electron chi connectivity index (χ4n) is 1.26. The first kappa shape index (κ1) is 15.8. The second kappa shape index (κ2) is 6.48. The lowest BCUT2D eigenvalue weighted by Gasteiger charge is -2.18. The van der Waals surface area contributed by atoms with Crippen LogP contribution >= 0.6 is 0 Å². The lowest BCUT2D eigenvalue weighted by molar-refractivity contribution is -0.144. The standard InChI is InChI=1S/C12H23F3O/c1-10(9-12(13,14)15)5-7-16-8-6-11(2,3)4/h10H,5-9H2,1-4H3. The molecule has 0 spiro atoms. The minimum absolute atomic E-state index is 0.220. The summed E-state index contributed by atoms with van der Waals surface area (Å²) < 4.78 is 41.3. The van der Waals surface area contributed by atoms with Gasteiger partial charge in [0.1, 0.15) is 0 Å². The number of ether oxygens (including phenoxy) is 1. The molecule has 0 aromatic heterocycles. The summed E-state index contributed by atoms with van der Waals surface area (Å²) in [5, 5.41) is 0. The molecule has 0 saturated heterocycles. The van der Waals surface area contributed by atoms with E-state index >= 15 is 0 Å². The average Bonchev–Trinajstić information content (AvgIpc) is 1.97. The molecule has 0 radical (unpaired) electrons. The molecule has 0 aromatic carbocycles. The largest absolute Gasteiger partial charge is 0.389 e. The van der Waals surface area contributed by atoms with Crippen LogP contribution in [0.5, 0.6) is 0 Å². The molecule has 98 valence electrons. The number of alkyl halides is 3. The van der Waals surface area contributed by atoms with E-state index in [0.717, 1.165) is 6.42 Å². The highest BCUT2D eigenvalue weighted by Gasteiger charge is 2.29. The molecule has 0 saturated carbocycles. The van der Waals surface area contributed by atoms with Crippen molar-refractivity contribution < 1.29 is 17.9 Å². The third-order valence-electron chi connectivity index (χ3n) is 2.33. The van der Waals surface area contributed by atoms with Crippen molar-refractivity contribution in [2.45, 2.75) is 53.1 Å². The van der Waals surface area contributed by atoms with Gasteiger partial charge in [-0.05, 0) is 24.2 Å². The molecule has 1 atom stereocenters. The van der Waals surface area contributed by atoms with Gasteiger partial charge in [-0.15, -0.1) is 0 Å². The van der Waals surface area contributed by atoms with Crippen molar-refractivity contribution >= 4 is 0 Å². The van der Waals surface area contributed by atoms with E-state index in [9.17, 15) is 13.2 Å². The van der Waals surface area contributed by atoms with Crippen LogP contribution < -0.4 is 0 Å². The van der Waals surface area contributed by atoms with Crippen LogP contribution in [-0.2, 0) is 4.74 Å². The van der Waals surface area contributed by atoms with Gasteiger partial charge in [0.25, 0.3) is 0 Å². The third-order valence-corrected chi connectivity index (χ3v) is 2.33. The van der Waals surface area contributed by atoms with Gasteiger partial charge in [-0.3, -0.25) is 0 Å². The lowest BCUT2D eigenvalue weighted by atomic mass is 9.93. The van der Waals surface area contributed by atoms with E-state index in [1.807, 2.05) is 0 Å². The topological polar surface area (TPSA) is 9.23 Å². The van der Waals surface area contributed by atoms with Gasteiger partial charge >= 0.3 is 6.18 Å². The Morgan fingerprint density at radius 2 is 1.62 bits per heavy atom. The Labute approximate surface area is 96.4 Å². The first-order valence-corrected chi connectivity index (χ1v) is 5.75. The first-order chi connectivity index (χ1) is 7.10. The zero-order valence-electron chi connectivity index (χ0n) is 10.7. The third kappa shape index (κ3) is 11.8. The van der Waals surface area contributed by atoms with Gasteiger partial charge in [0.05, 0.1) is 0 Å². The van der Waals surface area contributed by atoms with Crippen LogP contribution in [0.25, 0.3) is 0 Å². The Morgan fingerprint density at radius 3 is 2.06 bits per heavy atom. The monoisotopic (exact) mass is 240 g/mol. The highest BCUT2D eigenvalue weighted by Crippen LogP contribution is 2.26. The first-order valence-electron chi connectivity index (χ1n) is 5.75. The minimum Gasteiger partial charge on any atom is -0.381 e. The summed E-state index contributed by atoms with van der Waals surface area (Å²) in [5.41, 5.74) is 0.220. The molecule has 0 bridgehead atoms. The van der Waals surface area contributed by atoms with Crippen LogP contribution in [-0.4, -0.2) is 19.4 Å². The van der Waals surface area contributed by atoms with Crippen molar-refractivity contribution in [3.05, 3.63) is 0 Å². The SMILES string of the molecule is CC(CCOCCC(C)(C)C)CC(F)(F)F. The van der Waals surface area contributed by atoms with Gasteiger partial charge in [0.15, 0.2) is 0 Å². The molecule has 16 heavy (non-hydrogen) atoms. The number of halogens is 3. The second-order valence-corrected chi connectivity index (χ2v) is 5.64. The van der Waals surface area contributed by atoms with E-state index in [2.05, 4.69) is 20.8 Å². The molecule has 0 heterocycles. The number of rotatable bonds is 6. The summed E-state index contributed by atoms with van der Waals surface area (Å²) >= 11 is 0. The Kier molecular flexibility index (Phi) is 6.38. The molecule has 0 N–H and O–H groups in total. The molecular formula is C12H23F3O. The van der Waals surface area contributed by atoms with Crippen LogP contribution in [0.3, 0.4) is 0 Å². The average molecular weight is 240 g/mol. The fourth-order valence-corrected chi connectivity index (χ4v) is 1.26. The van der Waals surface area contributed by atoms with Gasteiger partial charge in [0.2, 0.25) is 0 Å². The molecule has 0 aliphatic rings. The van der Waals surface area contributed by atoms with Gasteiger partial charge in [-0.1, -0.05) is 27.7 Å². The normalized spacial score (nSPS) is 15.2. The van der Waals surface area contributed by atoms with Crippen LogP contribution in [0.2, 0.25) is 0 Å². The maximum Gasteiger partial charge on any atom is 0.389 e. The molecule has 0 aromatic rings. The van der Waals surface area contributed by atoms with Crippen molar-refractivity contribution in [1.29, 1.82) is 0 Å². The Balaban J connectivity index is 3.45. The summed E-state index contributed by atoms with van der Waals surface area (Å²) in [6.45, 7) is 9.00. The minimum atomic E-state index is -4.05. The van der Waals surface area contributed by atoms with Crippen molar-refractivity contribution in [2.24, 2.45) is 11.3 Å². The van der Waals surface area contributed by atoms with Crippen LogP contribution in [0.1, 0.15) is 47.0 Å². The predicted octanol–water partition coefficient (Wildman–Crippen LogP) is 4.42. The second-order valence-electron chi connectivity index (χ2n) is 5.64. The summed E-state index contributed by atoms with van der Waals surface area (Å²) in [7, 11) is 0. The van der Waals surface area contributed by atoms with Crippen molar-refractivity contribution in [1.82, 2.24) is 0 Å². The Bertz CT molecular complexity index is 182. The van der Waals surface area contributed by atoms with E-state index in [0.29, 0.717) is 19.6 Å². The van der Waals surface area contributed by atoms with E-state index in [-0.39, 0.29) is 11.3 Å². The van der Waals surface area contributed by atoms with E-state index in [1.165, 1.54) is 0 Å². The van der Waals surface area contributed by atoms with Gasteiger partial charge in [-0.2, -0.15) is 13.2 Å². The molecule has 0 rings (SSSR count). The molecular weight excluding hydrogens is 217 g/mol. The zero-order valence-corrected chi connectivity index (χ0v) is 10.7. The maximum atomic E-state index is 12.0. The fraction of sp³-hybridized carbons (Fsp3) is 1.00. The van der Waals surface area contributed by atoms with E-state index in [1.54, 1.807) is 6.92 Å². The molecule has 1 nitrogen and oxygen atoms in total. The lowest BCUT2D eigenvalue weighted by Crippen LogP contribution is -2.15. The molecule has 1 unspecified atom stereocenters. The van der Waals surface area contributed by atoms with Crippen molar-refractivity contribution in [2.75, 3.05) is 13.2 Å². The Morgan fingerprint density at radius 1 is 1.06 bits per heavy atom. The van der Waals surface area contributed by atoms with Crippen molar-refractivity contribution in [3.8, 4) is 0 Å². The highest BCUT2D eigenvalue weighted by atomic mass is 19.4. The van der Waals surface area contributed by atoms with Crippen LogP contribution in [0, 0.1) is 11.3 Å². The maximum absolute atomic E-state index is 12.0. The molecule has 4 heteroatoms. The summed E-state index contributed by atoms with van der Waals surface area (Å²) in [6, 6.07) is 0. The van der Waals surface area contributed by atoms with E-state index in [4.69, 9.17) is 4.74 Å². The summed E-state index contributed by atoms with van der Waals surface area (Å²) in [5.74, 6) is -0.352. The molecule has 0 aliphatic carbocycles. The number of hydrogen-bond donors (Lipinski definition) is 0.